The summed E-state index contributed by atoms with van der Waals surface area (Å²) in [4.78, 5) is 0. The van der Waals surface area contributed by atoms with E-state index in [-0.39, 0.29) is 60.6 Å². The Morgan fingerprint density at radius 3 is 0.857 bits per heavy atom. The summed E-state index contributed by atoms with van der Waals surface area (Å²) >= 11 is -5.00. The van der Waals surface area contributed by atoms with Gasteiger partial charge in [-0.2, -0.15) is 0 Å². The zero-order valence-electron chi connectivity index (χ0n) is 2.79. The summed E-state index contributed by atoms with van der Waals surface area (Å²) in [5.41, 5.74) is 0. The van der Waals surface area contributed by atoms with E-state index in [1.54, 1.807) is 0 Å². The van der Waals surface area contributed by atoms with Gasteiger partial charge >= 0.3 is 52.7 Å². The molecule has 7 heteroatoms. The third-order valence-corrected chi connectivity index (χ3v) is 0. The van der Waals surface area contributed by atoms with Crippen LogP contribution in [0.3, 0.4) is 0 Å². The Kier molecular flexibility index (Phi) is 15.5. The van der Waals surface area contributed by atoms with Crippen LogP contribution in [-0.2, 0) is 18.1 Å². The van der Waals surface area contributed by atoms with Gasteiger partial charge in [0, 0.05) is 40.8 Å². The first-order valence-electron chi connectivity index (χ1n) is 0.894. The molecule has 0 unspecified atom stereocenters. The first kappa shape index (κ1) is 16.3. The molecule has 0 aliphatic carbocycles. The molecule has 0 aromatic carbocycles. The average molecular weight is 333 g/mol. The molecule has 0 rings (SSSR count). The molecule has 0 aromatic heterocycles. The van der Waals surface area contributed by atoms with Crippen molar-refractivity contribution >= 4 is 19.8 Å². The summed E-state index contributed by atoms with van der Waals surface area (Å²) in [5, 5.41) is 0. The van der Waals surface area contributed by atoms with Crippen LogP contribution >= 0.6 is 0 Å². The van der Waals surface area contributed by atoms with Crippen molar-refractivity contribution in [2.45, 2.75) is 0 Å². The van der Waals surface area contributed by atoms with Crippen LogP contribution in [0.25, 0.3) is 0 Å². The third kappa shape index (κ3) is 56.6. The van der Waals surface area contributed by atoms with E-state index < -0.39 is 18.1 Å². The molecule has 0 amide bonds. The van der Waals surface area contributed by atoms with Crippen LogP contribution in [0.2, 0.25) is 0 Å². The Bertz CT molecular complexity index is 27.2. The minimum atomic E-state index is -5.00. The molecule has 4 nitrogen and oxygen atoms in total. The van der Waals surface area contributed by atoms with E-state index in [0.29, 0.717) is 0 Å². The molecule has 0 spiro atoms. The molecule has 0 radical (unpaired) electrons. The molecule has 0 heterocycles. The Balaban J connectivity index is -0.0000000800. The minimum absolute atomic E-state index is 0. The molecular weight excluding hydrogens is 326 g/mol. The molecule has 0 fully saturated rings. The summed E-state index contributed by atoms with van der Waals surface area (Å²) in [6.07, 6.45) is 0. The van der Waals surface area contributed by atoms with Gasteiger partial charge in [0.15, 0.2) is 0 Å². The second-order valence-corrected chi connectivity index (χ2v) is 2.47. The van der Waals surface area contributed by atoms with Gasteiger partial charge in [-0.1, -0.05) is 0 Å². The fraction of sp³-hybridized carbons (Fsp3) is 0. The van der Waals surface area contributed by atoms with E-state index in [1.807, 2.05) is 0 Å². The van der Waals surface area contributed by atoms with Gasteiger partial charge in [0.2, 0.25) is 0 Å². The van der Waals surface area contributed by atoms with Crippen LogP contribution in [-0.4, -0.2) is 34.5 Å². The predicted octanol–water partition coefficient (Wildman–Crippen LogP) is -3.41. The van der Waals surface area contributed by atoms with Gasteiger partial charge in [0.1, 0.15) is 0 Å². The fourth-order valence-electron chi connectivity index (χ4n) is 0. The van der Waals surface area contributed by atoms with E-state index in [1.165, 1.54) is 0 Å². The quantitative estimate of drug-likeness (QED) is 0.348. The summed E-state index contributed by atoms with van der Waals surface area (Å²) in [7, 11) is 0. The molecule has 0 aliphatic rings. The Morgan fingerprint density at radius 2 is 0.857 bits per heavy atom. The molecule has 7 heavy (non-hydrogen) atoms. The number of hydrogen-bond acceptors (Lipinski definition) is 4. The van der Waals surface area contributed by atoms with Gasteiger partial charge in [-0.05, 0) is 0 Å². The zero-order valence-corrected chi connectivity index (χ0v) is 7.56. The van der Waals surface area contributed by atoms with E-state index in [9.17, 15) is 0 Å². The predicted molar refractivity (Wildman–Crippen MR) is 18.8 cm³/mol. The van der Waals surface area contributed by atoms with E-state index in [2.05, 4.69) is 0 Å². The molecule has 0 saturated heterocycles. The number of hydrogen-bond donors (Lipinski definition) is 4. The molecule has 0 atom stereocenters. The zero-order chi connectivity index (χ0) is 4.50. The van der Waals surface area contributed by atoms with Gasteiger partial charge < -0.3 is 0 Å². The summed E-state index contributed by atoms with van der Waals surface area (Å²) < 4.78 is 29.5. The Labute approximate surface area is 91.8 Å². The van der Waals surface area contributed by atoms with Gasteiger partial charge in [-0.15, -0.1) is 0 Å². The van der Waals surface area contributed by atoms with Gasteiger partial charge in [0.25, 0.3) is 0 Å². The molecular formula is H7GaNdO4Ti. The van der Waals surface area contributed by atoms with Crippen molar-refractivity contribution in [1.82, 2.24) is 0 Å². The van der Waals surface area contributed by atoms with Gasteiger partial charge in [-0.3, -0.25) is 0 Å². The molecule has 42 valence electrons. The normalized spacial score (nSPS) is 8.57. The maximum atomic E-state index is 7.38. The van der Waals surface area contributed by atoms with Crippen molar-refractivity contribution < 1.29 is 73.7 Å². The van der Waals surface area contributed by atoms with Crippen molar-refractivity contribution in [3.8, 4) is 0 Å². The Hall–Kier alpha value is 2.54. The molecule has 0 saturated carbocycles. The van der Waals surface area contributed by atoms with Crippen molar-refractivity contribution in [2.24, 2.45) is 0 Å². The van der Waals surface area contributed by atoms with Gasteiger partial charge in [0.05, 0.1) is 0 Å². The topological polar surface area (TPSA) is 80.9 Å². The molecule has 0 aliphatic heterocycles. The second kappa shape index (κ2) is 6.66. The molecule has 4 N–H and O–H groups in total. The average Bonchev–Trinajstić information content (AvgIpc) is 0.722. The van der Waals surface area contributed by atoms with Crippen LogP contribution in [0.15, 0.2) is 0 Å². The summed E-state index contributed by atoms with van der Waals surface area (Å²) in [6, 6.07) is 0. The standard InChI is InChI=1S/Ga.Nd.4H2O.Ti.3H/h;;4*1H2;;;;/q;;;;;;+4;;;/p-4. The second-order valence-electron chi connectivity index (χ2n) is 0.600. The van der Waals surface area contributed by atoms with Crippen molar-refractivity contribution in [1.29, 1.82) is 0 Å². The van der Waals surface area contributed by atoms with Crippen LogP contribution in [0.5, 0.6) is 0 Å². The van der Waals surface area contributed by atoms with Crippen LogP contribution in [0.1, 0.15) is 0 Å². The fourth-order valence-corrected chi connectivity index (χ4v) is 0. The first-order chi connectivity index (χ1) is 2.00. The maximum absolute atomic E-state index is 7.38. The molecule has 0 aromatic rings. The third-order valence-electron chi connectivity index (χ3n) is 0. The monoisotopic (exact) mass is 330 g/mol. The van der Waals surface area contributed by atoms with E-state index in [0.717, 1.165) is 0 Å². The Morgan fingerprint density at radius 1 is 0.857 bits per heavy atom. The van der Waals surface area contributed by atoms with Crippen molar-refractivity contribution in [3.63, 3.8) is 0 Å². The van der Waals surface area contributed by atoms with Crippen LogP contribution in [0, 0.1) is 40.8 Å². The van der Waals surface area contributed by atoms with Crippen LogP contribution in [0.4, 0.5) is 0 Å². The van der Waals surface area contributed by atoms with Crippen LogP contribution < -0.4 is 0 Å². The molecule has 0 bridgehead atoms. The van der Waals surface area contributed by atoms with Crippen molar-refractivity contribution in [2.75, 3.05) is 0 Å². The number of rotatable bonds is 0. The van der Waals surface area contributed by atoms with Crippen molar-refractivity contribution in [3.05, 3.63) is 0 Å². The summed E-state index contributed by atoms with van der Waals surface area (Å²) in [5.74, 6) is 0. The van der Waals surface area contributed by atoms with Gasteiger partial charge in [-0.25, -0.2) is 0 Å². The summed E-state index contributed by atoms with van der Waals surface area (Å²) in [6.45, 7) is 0. The first-order valence-corrected chi connectivity index (χ1v) is 3.69. The van der Waals surface area contributed by atoms with E-state index >= 15 is 0 Å². The SMILES string of the molecule is [GaH3].[Nd].[OH][Ti]([OH])([OH])[OH]. The van der Waals surface area contributed by atoms with E-state index in [4.69, 9.17) is 14.8 Å².